The van der Waals surface area contributed by atoms with Crippen LogP contribution in [0.25, 0.3) is 11.1 Å². The van der Waals surface area contributed by atoms with Gasteiger partial charge in [-0.1, -0.05) is 11.6 Å². The van der Waals surface area contributed by atoms with Crippen LogP contribution >= 0.6 is 11.6 Å². The molecule has 31 heavy (non-hydrogen) atoms. The number of benzene rings is 1. The van der Waals surface area contributed by atoms with E-state index in [9.17, 15) is 14.4 Å². The molecule has 0 spiro atoms. The number of amides is 1. The smallest absolute Gasteiger partial charge is 0.328 e. The Morgan fingerprint density at radius 1 is 1.29 bits per heavy atom. The number of carbonyl (C=O) groups is 2. The molecule has 0 aliphatic carbocycles. The lowest BCUT2D eigenvalue weighted by Crippen LogP contribution is -2.52. The number of anilines is 1. The SMILES string of the molecule is CCOC(=O)C(C)N1C(=O)[C@H](C)Oc2cc(F)c(-c3c(Cl)n4n(c3=O)CCCC4)cc21. The molecule has 4 rings (SSSR count). The summed E-state index contributed by atoms with van der Waals surface area (Å²) in [4.78, 5) is 39.4. The van der Waals surface area contributed by atoms with Gasteiger partial charge in [-0.05, 0) is 39.7 Å². The van der Waals surface area contributed by atoms with Crippen LogP contribution in [-0.2, 0) is 27.4 Å². The zero-order chi connectivity index (χ0) is 22.4. The average molecular weight is 452 g/mol. The van der Waals surface area contributed by atoms with Crippen molar-refractivity contribution < 1.29 is 23.5 Å². The van der Waals surface area contributed by atoms with Gasteiger partial charge in [0.2, 0.25) is 0 Å². The van der Waals surface area contributed by atoms with Crippen LogP contribution < -0.4 is 15.2 Å². The number of fused-ring (bicyclic) bond motifs is 2. The van der Waals surface area contributed by atoms with Gasteiger partial charge in [0.15, 0.2) is 6.10 Å². The van der Waals surface area contributed by atoms with E-state index in [4.69, 9.17) is 21.1 Å². The number of aromatic nitrogens is 2. The fourth-order valence-electron chi connectivity index (χ4n) is 4.09. The van der Waals surface area contributed by atoms with Gasteiger partial charge < -0.3 is 9.47 Å². The van der Waals surface area contributed by atoms with E-state index in [2.05, 4.69) is 0 Å². The molecule has 10 heteroatoms. The minimum absolute atomic E-state index is 0.0266. The van der Waals surface area contributed by atoms with E-state index < -0.39 is 35.4 Å². The first-order chi connectivity index (χ1) is 14.8. The molecule has 0 bridgehead atoms. The number of hydrogen-bond donors (Lipinski definition) is 0. The number of halogens is 2. The summed E-state index contributed by atoms with van der Waals surface area (Å²) in [5.74, 6) is -1.67. The maximum Gasteiger partial charge on any atom is 0.328 e. The Morgan fingerprint density at radius 2 is 1.97 bits per heavy atom. The summed E-state index contributed by atoms with van der Waals surface area (Å²) in [5, 5.41) is 0.143. The zero-order valence-corrected chi connectivity index (χ0v) is 18.2. The second kappa shape index (κ2) is 8.03. The Labute approximate surface area is 183 Å². The van der Waals surface area contributed by atoms with E-state index in [0.717, 1.165) is 18.9 Å². The monoisotopic (exact) mass is 451 g/mol. The predicted octanol–water partition coefficient (Wildman–Crippen LogP) is 2.97. The molecule has 2 atom stereocenters. The summed E-state index contributed by atoms with van der Waals surface area (Å²) >= 11 is 6.47. The molecule has 8 nitrogen and oxygen atoms in total. The van der Waals surface area contributed by atoms with Crippen molar-refractivity contribution in [1.82, 2.24) is 9.36 Å². The second-order valence-corrected chi connectivity index (χ2v) is 7.98. The van der Waals surface area contributed by atoms with Gasteiger partial charge in [0.25, 0.3) is 11.5 Å². The van der Waals surface area contributed by atoms with Gasteiger partial charge in [0.05, 0.1) is 17.9 Å². The summed E-state index contributed by atoms with van der Waals surface area (Å²) in [5.41, 5.74) is -0.233. The van der Waals surface area contributed by atoms with Crippen molar-refractivity contribution in [2.75, 3.05) is 11.5 Å². The second-order valence-electron chi connectivity index (χ2n) is 7.62. The highest BCUT2D eigenvalue weighted by Crippen LogP contribution is 2.41. The van der Waals surface area contributed by atoms with Gasteiger partial charge >= 0.3 is 5.97 Å². The number of carbonyl (C=O) groups excluding carboxylic acids is 2. The summed E-state index contributed by atoms with van der Waals surface area (Å²) in [6.07, 6.45) is 0.785. The highest BCUT2D eigenvalue weighted by molar-refractivity contribution is 6.32. The van der Waals surface area contributed by atoms with Crippen molar-refractivity contribution in [3.05, 3.63) is 33.5 Å². The molecule has 1 amide bonds. The Balaban J connectivity index is 1.88. The molecule has 3 heterocycles. The predicted molar refractivity (Wildman–Crippen MR) is 112 cm³/mol. The molecule has 1 unspecified atom stereocenters. The van der Waals surface area contributed by atoms with Crippen molar-refractivity contribution in [2.45, 2.75) is 58.8 Å². The molecular formula is C21H23ClFN3O5. The molecule has 0 saturated carbocycles. The van der Waals surface area contributed by atoms with Crippen LogP contribution in [0.5, 0.6) is 5.75 Å². The number of esters is 1. The van der Waals surface area contributed by atoms with E-state index in [-0.39, 0.29) is 34.3 Å². The molecule has 2 aliphatic heterocycles. The van der Waals surface area contributed by atoms with Crippen molar-refractivity contribution in [3.8, 4) is 16.9 Å². The van der Waals surface area contributed by atoms with E-state index in [1.807, 2.05) is 0 Å². The lowest BCUT2D eigenvalue weighted by molar-refractivity contribution is -0.146. The Hall–Kier alpha value is -2.81. The van der Waals surface area contributed by atoms with Gasteiger partial charge in [-0.25, -0.2) is 13.9 Å². The van der Waals surface area contributed by atoms with Crippen molar-refractivity contribution >= 4 is 29.2 Å². The van der Waals surface area contributed by atoms with Crippen molar-refractivity contribution in [2.24, 2.45) is 0 Å². The number of nitrogens with zero attached hydrogens (tertiary/aromatic N) is 3. The first-order valence-electron chi connectivity index (χ1n) is 10.3. The van der Waals surface area contributed by atoms with Crippen LogP contribution in [0.15, 0.2) is 16.9 Å². The molecule has 0 fully saturated rings. The number of ether oxygens (including phenoxy) is 2. The molecule has 0 radical (unpaired) electrons. The molecule has 0 N–H and O–H groups in total. The number of rotatable bonds is 4. The molecule has 2 aromatic rings. The maximum absolute atomic E-state index is 15.1. The third-order valence-electron chi connectivity index (χ3n) is 5.64. The summed E-state index contributed by atoms with van der Waals surface area (Å²) in [7, 11) is 0. The molecule has 0 saturated heterocycles. The Morgan fingerprint density at radius 3 is 2.61 bits per heavy atom. The average Bonchev–Trinajstić information content (AvgIpc) is 2.99. The standard InChI is InChI=1S/C21H23ClFN3O5/c1-4-30-21(29)11(2)26-15-9-13(14(23)10-16(15)31-12(3)19(26)27)17-18(22)24-7-5-6-8-25(24)20(17)28/h9-12H,4-8H2,1-3H3/t11?,12-/m0/s1. The maximum atomic E-state index is 15.1. The molecule has 1 aromatic carbocycles. The van der Waals surface area contributed by atoms with E-state index in [0.29, 0.717) is 13.1 Å². The lowest BCUT2D eigenvalue weighted by atomic mass is 10.0. The molecule has 1 aromatic heterocycles. The third-order valence-corrected chi connectivity index (χ3v) is 6.03. The highest BCUT2D eigenvalue weighted by atomic mass is 35.5. The van der Waals surface area contributed by atoms with Gasteiger partial charge in [-0.2, -0.15) is 0 Å². The lowest BCUT2D eigenvalue weighted by Gasteiger charge is -2.36. The van der Waals surface area contributed by atoms with Crippen LogP contribution in [0.1, 0.15) is 33.6 Å². The fraction of sp³-hybridized carbons (Fsp3) is 0.476. The normalized spacial score (nSPS) is 18.8. The Kier molecular flexibility index (Phi) is 5.55. The Bertz CT molecular complexity index is 1130. The minimum Gasteiger partial charge on any atom is -0.479 e. The van der Waals surface area contributed by atoms with Gasteiger partial charge in [0.1, 0.15) is 22.8 Å². The van der Waals surface area contributed by atoms with Crippen molar-refractivity contribution in [3.63, 3.8) is 0 Å². The van der Waals surface area contributed by atoms with Gasteiger partial charge in [-0.15, -0.1) is 0 Å². The first kappa shape index (κ1) is 21.4. The third kappa shape index (κ3) is 3.40. The van der Waals surface area contributed by atoms with Gasteiger partial charge in [-0.3, -0.25) is 19.2 Å². The molecule has 2 aliphatic rings. The van der Waals surface area contributed by atoms with Crippen LogP contribution in [-0.4, -0.2) is 40.0 Å². The topological polar surface area (TPSA) is 82.8 Å². The molecule has 166 valence electrons. The summed E-state index contributed by atoms with van der Waals surface area (Å²) in [6, 6.07) is 1.50. The first-order valence-corrected chi connectivity index (χ1v) is 10.6. The van der Waals surface area contributed by atoms with Gasteiger partial charge in [0, 0.05) is 24.7 Å². The van der Waals surface area contributed by atoms with Crippen LogP contribution in [0.4, 0.5) is 10.1 Å². The van der Waals surface area contributed by atoms with E-state index in [1.165, 1.54) is 29.5 Å². The molecular weight excluding hydrogens is 429 g/mol. The number of hydrogen-bond acceptors (Lipinski definition) is 5. The van der Waals surface area contributed by atoms with Crippen LogP contribution in [0, 0.1) is 5.82 Å². The van der Waals surface area contributed by atoms with Crippen LogP contribution in [0.2, 0.25) is 5.15 Å². The highest BCUT2D eigenvalue weighted by Gasteiger charge is 2.39. The largest absolute Gasteiger partial charge is 0.479 e. The van der Waals surface area contributed by atoms with Crippen molar-refractivity contribution in [1.29, 1.82) is 0 Å². The van der Waals surface area contributed by atoms with E-state index in [1.54, 1.807) is 11.6 Å². The summed E-state index contributed by atoms with van der Waals surface area (Å²) < 4.78 is 28.9. The van der Waals surface area contributed by atoms with Crippen LogP contribution in [0.3, 0.4) is 0 Å². The quantitative estimate of drug-likeness (QED) is 0.667. The zero-order valence-electron chi connectivity index (χ0n) is 17.5. The fourth-order valence-corrected chi connectivity index (χ4v) is 4.45. The minimum atomic E-state index is -0.963. The van der Waals surface area contributed by atoms with E-state index >= 15 is 4.39 Å². The summed E-state index contributed by atoms with van der Waals surface area (Å²) in [6.45, 7) is 5.93.